The van der Waals surface area contributed by atoms with Crippen LogP contribution in [0, 0.1) is 5.82 Å². The summed E-state index contributed by atoms with van der Waals surface area (Å²) in [5.74, 6) is -0.524. The second-order valence-corrected chi connectivity index (χ2v) is 4.11. The van der Waals surface area contributed by atoms with Crippen molar-refractivity contribution >= 4 is 11.7 Å². The smallest absolute Gasteiger partial charge is 0.255 e. The van der Waals surface area contributed by atoms with Gasteiger partial charge in [0, 0.05) is 19.2 Å². The number of aromatic nitrogens is 1. The van der Waals surface area contributed by atoms with Crippen LogP contribution in [0.2, 0.25) is 0 Å². The molecule has 0 aliphatic heterocycles. The topological polar surface area (TPSA) is 63.2 Å². The number of amides is 1. The highest BCUT2D eigenvalue weighted by Gasteiger charge is 2.15. The molecule has 1 aromatic rings. The number of carbonyl (C=O) groups is 1. The maximum Gasteiger partial charge on any atom is 0.255 e. The summed E-state index contributed by atoms with van der Waals surface area (Å²) in [4.78, 5) is 15.9. The van der Waals surface area contributed by atoms with Crippen molar-refractivity contribution in [3.63, 3.8) is 0 Å². The number of carbonyl (C=O) groups excluding carboxylic acids is 1. The zero-order valence-corrected chi connectivity index (χ0v) is 11.5. The van der Waals surface area contributed by atoms with Gasteiger partial charge in [0.05, 0.1) is 18.4 Å². The van der Waals surface area contributed by atoms with Crippen molar-refractivity contribution in [2.45, 2.75) is 26.8 Å². The van der Waals surface area contributed by atoms with Crippen LogP contribution in [0.15, 0.2) is 12.3 Å². The second kappa shape index (κ2) is 7.68. The molecule has 0 aliphatic rings. The normalized spacial score (nSPS) is 12.0. The lowest BCUT2D eigenvalue weighted by Gasteiger charge is -2.15. The van der Waals surface area contributed by atoms with Gasteiger partial charge in [0.25, 0.3) is 5.91 Å². The number of halogens is 1. The Morgan fingerprint density at radius 2 is 2.26 bits per heavy atom. The fourth-order valence-corrected chi connectivity index (χ4v) is 1.56. The molecule has 1 aromatic heterocycles. The van der Waals surface area contributed by atoms with E-state index in [-0.39, 0.29) is 17.5 Å². The Morgan fingerprint density at radius 1 is 1.53 bits per heavy atom. The van der Waals surface area contributed by atoms with E-state index in [1.165, 1.54) is 6.07 Å². The summed E-state index contributed by atoms with van der Waals surface area (Å²) in [6.07, 6.45) is 1.08. The van der Waals surface area contributed by atoms with E-state index < -0.39 is 5.82 Å². The quantitative estimate of drug-likeness (QED) is 0.792. The summed E-state index contributed by atoms with van der Waals surface area (Å²) in [7, 11) is 0. The van der Waals surface area contributed by atoms with Crippen LogP contribution in [-0.4, -0.2) is 36.7 Å². The first-order chi connectivity index (χ1) is 9.08. The number of hydrogen-bond acceptors (Lipinski definition) is 4. The third kappa shape index (κ3) is 4.82. The van der Waals surface area contributed by atoms with Gasteiger partial charge in [0.1, 0.15) is 11.6 Å². The second-order valence-electron chi connectivity index (χ2n) is 4.11. The molecule has 5 nitrogen and oxygen atoms in total. The monoisotopic (exact) mass is 269 g/mol. The third-order valence-electron chi connectivity index (χ3n) is 2.39. The highest BCUT2D eigenvalue weighted by Crippen LogP contribution is 2.13. The first kappa shape index (κ1) is 15.4. The number of nitrogens with zero attached hydrogens (tertiary/aromatic N) is 1. The molecule has 0 bridgehead atoms. The number of anilines is 1. The standard InChI is InChI=1S/C13H20FN3O2/c1-4-15-12-11(6-10(14)7-16-12)13(18)17-9(3)8-19-5-2/h6-7,9H,4-5,8H2,1-3H3,(H,15,16)(H,17,18). The summed E-state index contributed by atoms with van der Waals surface area (Å²) >= 11 is 0. The van der Waals surface area contributed by atoms with E-state index in [4.69, 9.17) is 4.74 Å². The summed E-state index contributed by atoms with van der Waals surface area (Å²) in [6.45, 7) is 7.20. The van der Waals surface area contributed by atoms with E-state index in [9.17, 15) is 9.18 Å². The lowest BCUT2D eigenvalue weighted by molar-refractivity contribution is 0.0872. The molecule has 2 N–H and O–H groups in total. The fourth-order valence-electron chi connectivity index (χ4n) is 1.56. The van der Waals surface area contributed by atoms with Gasteiger partial charge in [-0.1, -0.05) is 0 Å². The lowest BCUT2D eigenvalue weighted by Crippen LogP contribution is -2.36. The zero-order chi connectivity index (χ0) is 14.3. The van der Waals surface area contributed by atoms with E-state index >= 15 is 0 Å². The lowest BCUT2D eigenvalue weighted by atomic mass is 10.2. The molecule has 0 aliphatic carbocycles. The van der Waals surface area contributed by atoms with Gasteiger partial charge < -0.3 is 15.4 Å². The Kier molecular flexibility index (Phi) is 6.21. The number of rotatable bonds is 7. The van der Waals surface area contributed by atoms with Gasteiger partial charge in [-0.15, -0.1) is 0 Å². The molecular formula is C13H20FN3O2. The molecule has 0 fully saturated rings. The molecular weight excluding hydrogens is 249 g/mol. The minimum atomic E-state index is -0.538. The molecule has 0 spiro atoms. The molecule has 0 saturated heterocycles. The fraction of sp³-hybridized carbons (Fsp3) is 0.538. The van der Waals surface area contributed by atoms with Crippen LogP contribution >= 0.6 is 0 Å². The van der Waals surface area contributed by atoms with Crippen molar-refractivity contribution in [3.8, 4) is 0 Å². The summed E-state index contributed by atoms with van der Waals surface area (Å²) in [6, 6.07) is 1.03. The maximum atomic E-state index is 13.2. The van der Waals surface area contributed by atoms with Crippen LogP contribution in [0.5, 0.6) is 0 Å². The highest BCUT2D eigenvalue weighted by molar-refractivity contribution is 5.98. The van der Waals surface area contributed by atoms with E-state index in [1.54, 1.807) is 0 Å². The van der Waals surface area contributed by atoms with Crippen LogP contribution in [-0.2, 0) is 4.74 Å². The minimum Gasteiger partial charge on any atom is -0.380 e. The van der Waals surface area contributed by atoms with E-state index in [0.717, 1.165) is 6.20 Å². The molecule has 0 saturated carbocycles. The number of ether oxygens (including phenoxy) is 1. The first-order valence-electron chi connectivity index (χ1n) is 6.36. The Hall–Kier alpha value is -1.69. The first-order valence-corrected chi connectivity index (χ1v) is 6.36. The Labute approximate surface area is 112 Å². The van der Waals surface area contributed by atoms with Gasteiger partial charge in [-0.25, -0.2) is 9.37 Å². The number of pyridine rings is 1. The van der Waals surface area contributed by atoms with Gasteiger partial charge in [-0.05, 0) is 26.8 Å². The molecule has 0 aromatic carbocycles. The van der Waals surface area contributed by atoms with Gasteiger partial charge in [-0.3, -0.25) is 4.79 Å². The molecule has 1 amide bonds. The van der Waals surface area contributed by atoms with Crippen molar-refractivity contribution in [2.24, 2.45) is 0 Å². The molecule has 106 valence electrons. The molecule has 1 heterocycles. The zero-order valence-electron chi connectivity index (χ0n) is 11.5. The van der Waals surface area contributed by atoms with Crippen molar-refractivity contribution in [1.82, 2.24) is 10.3 Å². The Balaban J connectivity index is 2.77. The largest absolute Gasteiger partial charge is 0.380 e. The van der Waals surface area contributed by atoms with Crippen molar-refractivity contribution in [1.29, 1.82) is 0 Å². The third-order valence-corrected chi connectivity index (χ3v) is 2.39. The van der Waals surface area contributed by atoms with Crippen LogP contribution < -0.4 is 10.6 Å². The Bertz CT molecular complexity index is 426. The summed E-state index contributed by atoms with van der Waals surface area (Å²) < 4.78 is 18.4. The molecule has 1 atom stereocenters. The summed E-state index contributed by atoms with van der Waals surface area (Å²) in [5.41, 5.74) is 0.199. The average molecular weight is 269 g/mol. The van der Waals surface area contributed by atoms with Gasteiger partial charge >= 0.3 is 0 Å². The van der Waals surface area contributed by atoms with Crippen LogP contribution in [0.4, 0.5) is 10.2 Å². The van der Waals surface area contributed by atoms with E-state index in [0.29, 0.717) is 25.6 Å². The molecule has 1 unspecified atom stereocenters. The number of nitrogens with one attached hydrogen (secondary N) is 2. The predicted octanol–water partition coefficient (Wildman–Crippen LogP) is 1.81. The average Bonchev–Trinajstić information content (AvgIpc) is 2.38. The van der Waals surface area contributed by atoms with Crippen LogP contribution in [0.25, 0.3) is 0 Å². The summed E-state index contributed by atoms with van der Waals surface area (Å²) in [5, 5.41) is 5.68. The van der Waals surface area contributed by atoms with Gasteiger partial charge in [-0.2, -0.15) is 0 Å². The highest BCUT2D eigenvalue weighted by atomic mass is 19.1. The maximum absolute atomic E-state index is 13.2. The van der Waals surface area contributed by atoms with Crippen molar-refractivity contribution in [2.75, 3.05) is 25.1 Å². The molecule has 0 radical (unpaired) electrons. The van der Waals surface area contributed by atoms with Crippen LogP contribution in [0.3, 0.4) is 0 Å². The number of hydrogen-bond donors (Lipinski definition) is 2. The Morgan fingerprint density at radius 3 is 2.89 bits per heavy atom. The molecule has 19 heavy (non-hydrogen) atoms. The van der Waals surface area contributed by atoms with E-state index in [1.807, 2.05) is 20.8 Å². The van der Waals surface area contributed by atoms with Crippen LogP contribution in [0.1, 0.15) is 31.1 Å². The van der Waals surface area contributed by atoms with Gasteiger partial charge in [0.15, 0.2) is 0 Å². The predicted molar refractivity (Wildman–Crippen MR) is 71.8 cm³/mol. The van der Waals surface area contributed by atoms with E-state index in [2.05, 4.69) is 15.6 Å². The van der Waals surface area contributed by atoms with Crippen molar-refractivity contribution < 1.29 is 13.9 Å². The SMILES string of the molecule is CCNc1ncc(F)cc1C(=O)NC(C)COCC. The molecule has 6 heteroatoms. The minimum absolute atomic E-state index is 0.148. The van der Waals surface area contributed by atoms with Gasteiger partial charge in [0.2, 0.25) is 0 Å². The molecule has 1 rings (SSSR count). The van der Waals surface area contributed by atoms with Crippen molar-refractivity contribution in [3.05, 3.63) is 23.6 Å².